The Balaban J connectivity index is 1.51. The highest BCUT2D eigenvalue weighted by atomic mass is 35.5. The highest BCUT2D eigenvalue weighted by Crippen LogP contribution is 2.30. The van der Waals surface area contributed by atoms with Gasteiger partial charge in [-0.1, -0.05) is 48.0 Å². The number of hydrogen-bond donors (Lipinski definition) is 1. The van der Waals surface area contributed by atoms with Crippen LogP contribution >= 0.6 is 11.6 Å². The molecule has 1 amide bonds. The molecule has 0 aliphatic rings. The number of ketones is 1. The fourth-order valence-electron chi connectivity index (χ4n) is 4.80. The summed E-state index contributed by atoms with van der Waals surface area (Å²) in [6.45, 7) is 1.42. The van der Waals surface area contributed by atoms with E-state index < -0.39 is 17.7 Å². The van der Waals surface area contributed by atoms with Crippen LogP contribution in [0, 0.1) is 11.6 Å². The lowest BCUT2D eigenvalue weighted by Crippen LogP contribution is -2.33. The van der Waals surface area contributed by atoms with Crippen molar-refractivity contribution in [2.24, 2.45) is 0 Å². The quantitative estimate of drug-likeness (QED) is 0.216. The van der Waals surface area contributed by atoms with Crippen molar-refractivity contribution in [1.29, 1.82) is 0 Å². The number of hydrogen-bond acceptors (Lipinski definition) is 3. The number of benzene rings is 3. The maximum Gasteiger partial charge on any atom is 0.240 e. The summed E-state index contributed by atoms with van der Waals surface area (Å²) in [6.07, 6.45) is 3.38. The summed E-state index contributed by atoms with van der Waals surface area (Å²) in [6, 6.07) is 20.8. The summed E-state index contributed by atoms with van der Waals surface area (Å²) >= 11 is 6.08. The van der Waals surface area contributed by atoms with Crippen LogP contribution in [0.4, 0.5) is 8.78 Å². The summed E-state index contributed by atoms with van der Waals surface area (Å²) in [7, 11) is 0. The maximum atomic E-state index is 14.0. The number of para-hydroxylation sites is 1. The minimum atomic E-state index is -0.709. The predicted molar refractivity (Wildman–Crippen MR) is 148 cm³/mol. The van der Waals surface area contributed by atoms with Gasteiger partial charge in [-0.15, -0.1) is 0 Å². The molecule has 0 fully saturated rings. The zero-order valence-electron chi connectivity index (χ0n) is 21.0. The molecule has 0 aliphatic carbocycles. The number of nitrogens with zero attached hydrogens (tertiary/aromatic N) is 2. The van der Waals surface area contributed by atoms with Crippen molar-refractivity contribution >= 4 is 34.2 Å². The summed E-state index contributed by atoms with van der Waals surface area (Å²) in [5.41, 5.74) is 3.77. The van der Waals surface area contributed by atoms with Gasteiger partial charge in [0.25, 0.3) is 0 Å². The molecule has 1 N–H and O–H groups in total. The van der Waals surface area contributed by atoms with Gasteiger partial charge in [0, 0.05) is 45.5 Å². The smallest absolute Gasteiger partial charge is 0.240 e. The number of fused-ring (bicyclic) bond motifs is 1. The Morgan fingerprint density at radius 2 is 1.69 bits per heavy atom. The van der Waals surface area contributed by atoms with Crippen molar-refractivity contribution in [2.75, 3.05) is 0 Å². The molecule has 0 radical (unpaired) electrons. The third-order valence-electron chi connectivity index (χ3n) is 6.50. The normalized spacial score (nSPS) is 11.9. The van der Waals surface area contributed by atoms with Gasteiger partial charge in [-0.2, -0.15) is 0 Å². The molecule has 8 heteroatoms. The van der Waals surface area contributed by atoms with Crippen LogP contribution in [-0.4, -0.2) is 21.2 Å². The van der Waals surface area contributed by atoms with Crippen LogP contribution in [0.15, 0.2) is 91.3 Å². The zero-order valence-corrected chi connectivity index (χ0v) is 21.8. The third-order valence-corrected chi connectivity index (χ3v) is 6.76. The van der Waals surface area contributed by atoms with Crippen LogP contribution in [0.25, 0.3) is 22.0 Å². The average Bonchev–Trinajstić information content (AvgIpc) is 3.27. The Hall–Kier alpha value is -4.36. The summed E-state index contributed by atoms with van der Waals surface area (Å²) in [4.78, 5) is 30.2. The molecule has 0 bridgehead atoms. The van der Waals surface area contributed by atoms with Crippen molar-refractivity contribution in [3.8, 4) is 11.1 Å². The highest BCUT2D eigenvalue weighted by molar-refractivity contribution is 6.30. The lowest BCUT2D eigenvalue weighted by atomic mass is 9.95. The first-order valence-corrected chi connectivity index (χ1v) is 12.7. The van der Waals surface area contributed by atoms with Crippen LogP contribution in [-0.2, 0) is 17.8 Å². The molecule has 39 heavy (non-hydrogen) atoms. The second-order valence-corrected chi connectivity index (χ2v) is 9.73. The van der Waals surface area contributed by atoms with Gasteiger partial charge in [0.2, 0.25) is 5.91 Å². The Kier molecular flexibility index (Phi) is 7.52. The number of pyridine rings is 1. The second-order valence-electron chi connectivity index (χ2n) is 9.29. The third kappa shape index (κ3) is 5.89. The van der Waals surface area contributed by atoms with Crippen molar-refractivity contribution < 1.29 is 18.4 Å². The Labute approximate surface area is 229 Å². The van der Waals surface area contributed by atoms with Crippen molar-refractivity contribution in [3.05, 3.63) is 125 Å². The van der Waals surface area contributed by atoms with E-state index in [4.69, 9.17) is 11.6 Å². The Bertz CT molecular complexity index is 1660. The second kappa shape index (κ2) is 11.2. The minimum Gasteiger partial charge on any atom is -0.346 e. The van der Waals surface area contributed by atoms with E-state index in [1.54, 1.807) is 35.2 Å². The molecule has 0 saturated carbocycles. The van der Waals surface area contributed by atoms with Gasteiger partial charge in [-0.25, -0.2) is 8.78 Å². The number of halogens is 3. The molecule has 3 aromatic carbocycles. The Morgan fingerprint density at radius 3 is 2.41 bits per heavy atom. The molecule has 0 spiro atoms. The first-order chi connectivity index (χ1) is 18.8. The molecule has 1 atom stereocenters. The summed E-state index contributed by atoms with van der Waals surface area (Å²) in [5.74, 6) is -1.85. The number of aromatic nitrogens is 2. The average molecular weight is 544 g/mol. The van der Waals surface area contributed by atoms with Gasteiger partial charge >= 0.3 is 0 Å². The molecule has 0 saturated heterocycles. The van der Waals surface area contributed by atoms with Crippen molar-refractivity contribution in [2.45, 2.75) is 25.9 Å². The van der Waals surface area contributed by atoms with Gasteiger partial charge in [0.15, 0.2) is 5.78 Å². The van der Waals surface area contributed by atoms with E-state index in [0.29, 0.717) is 21.8 Å². The molecule has 5 nitrogen and oxygen atoms in total. The van der Waals surface area contributed by atoms with Gasteiger partial charge in [-0.05, 0) is 60.9 Å². The lowest BCUT2D eigenvalue weighted by molar-refractivity contribution is -0.122. The number of carbonyl (C=O) groups is 2. The first kappa shape index (κ1) is 26.3. The number of amides is 1. The van der Waals surface area contributed by atoms with Gasteiger partial charge < -0.3 is 9.88 Å². The maximum absolute atomic E-state index is 14.0. The van der Waals surface area contributed by atoms with E-state index in [1.165, 1.54) is 19.1 Å². The van der Waals surface area contributed by atoms with Crippen LogP contribution in [0.5, 0.6) is 0 Å². The summed E-state index contributed by atoms with van der Waals surface area (Å²) in [5, 5.41) is 4.36. The molecule has 2 aromatic heterocycles. The fraction of sp³-hybridized carbons (Fsp3) is 0.129. The van der Waals surface area contributed by atoms with E-state index in [0.717, 1.165) is 28.1 Å². The SMILES string of the molecule is CC(=O)c1cn(CC(=O)N[C@@H](Cc2cc(F)cc(F)c2)c2ncccc2-c2ccc(Cl)cc2)c2ccccc12. The van der Waals surface area contributed by atoms with Gasteiger partial charge in [0.05, 0.1) is 11.7 Å². The van der Waals surface area contributed by atoms with E-state index in [-0.39, 0.29) is 24.7 Å². The van der Waals surface area contributed by atoms with Crippen LogP contribution in [0.2, 0.25) is 5.02 Å². The topological polar surface area (TPSA) is 64.0 Å². The van der Waals surface area contributed by atoms with Crippen LogP contribution < -0.4 is 5.32 Å². The standard InChI is InChI=1S/C31H24ClF2N3O2/c1-19(38)27-17-37(29-7-3-2-5-26(27)29)18-30(39)36-28(15-20-13-23(33)16-24(34)14-20)31-25(6-4-12-35-31)21-8-10-22(32)11-9-21/h2-14,16-17,28H,15,18H2,1H3,(H,36,39)/t28-/m0/s1. The van der Waals surface area contributed by atoms with E-state index in [1.807, 2.05) is 42.5 Å². The van der Waals surface area contributed by atoms with Gasteiger partial charge in [0.1, 0.15) is 18.2 Å². The molecule has 0 unspecified atom stereocenters. The van der Waals surface area contributed by atoms with Crippen LogP contribution in [0.3, 0.4) is 0 Å². The lowest BCUT2D eigenvalue weighted by Gasteiger charge is -2.22. The molecule has 2 heterocycles. The minimum absolute atomic E-state index is 0.0646. The van der Waals surface area contributed by atoms with E-state index >= 15 is 0 Å². The largest absolute Gasteiger partial charge is 0.346 e. The molecular formula is C31H24ClF2N3O2. The molecular weight excluding hydrogens is 520 g/mol. The highest BCUT2D eigenvalue weighted by Gasteiger charge is 2.22. The first-order valence-electron chi connectivity index (χ1n) is 12.3. The Morgan fingerprint density at radius 1 is 0.974 bits per heavy atom. The van der Waals surface area contributed by atoms with Crippen molar-refractivity contribution in [3.63, 3.8) is 0 Å². The molecule has 196 valence electrons. The molecule has 0 aliphatic heterocycles. The number of carbonyl (C=O) groups excluding carboxylic acids is 2. The fourth-order valence-corrected chi connectivity index (χ4v) is 4.93. The number of rotatable bonds is 8. The van der Waals surface area contributed by atoms with E-state index in [2.05, 4.69) is 10.3 Å². The van der Waals surface area contributed by atoms with Crippen LogP contribution in [0.1, 0.15) is 34.6 Å². The zero-order chi connectivity index (χ0) is 27.5. The summed E-state index contributed by atoms with van der Waals surface area (Å²) < 4.78 is 29.8. The number of Topliss-reactive ketones (excluding diaryl/α,β-unsaturated/α-hetero) is 1. The predicted octanol–water partition coefficient (Wildman–Crippen LogP) is 6.94. The van der Waals surface area contributed by atoms with Crippen molar-refractivity contribution in [1.82, 2.24) is 14.9 Å². The molecule has 5 rings (SSSR count). The van der Waals surface area contributed by atoms with E-state index in [9.17, 15) is 18.4 Å². The van der Waals surface area contributed by atoms with Gasteiger partial charge in [-0.3, -0.25) is 14.6 Å². The number of nitrogens with one attached hydrogen (secondary N) is 1. The monoisotopic (exact) mass is 543 g/mol. The molecule has 5 aromatic rings.